The number of benzene rings is 1. The molecule has 0 unspecified atom stereocenters. The molecule has 0 amide bonds. The first kappa shape index (κ1) is 14.9. The number of rotatable bonds is 2. The number of alkyl halides is 3. The Bertz CT molecular complexity index is 457. The number of hydrogen-bond acceptors (Lipinski definition) is 2. The number of carbonyl (C=O) groups is 1. The van der Waals surface area contributed by atoms with Gasteiger partial charge in [0, 0.05) is 0 Å². The van der Waals surface area contributed by atoms with Gasteiger partial charge in [-0.1, -0.05) is 6.92 Å². The van der Waals surface area contributed by atoms with E-state index >= 15 is 0 Å². The third-order valence-electron chi connectivity index (χ3n) is 3.68. The molecular formula is C15H17F3O2. The van der Waals surface area contributed by atoms with Gasteiger partial charge in [-0.3, -0.25) is 0 Å². The summed E-state index contributed by atoms with van der Waals surface area (Å²) in [5.41, 5.74) is -0.600. The van der Waals surface area contributed by atoms with Gasteiger partial charge in [0.05, 0.1) is 11.1 Å². The highest BCUT2D eigenvalue weighted by atomic mass is 19.4. The lowest BCUT2D eigenvalue weighted by molar-refractivity contribution is -0.137. The monoisotopic (exact) mass is 286 g/mol. The number of hydrogen-bond donors (Lipinski definition) is 0. The first-order chi connectivity index (χ1) is 9.36. The Kier molecular flexibility index (Phi) is 4.35. The van der Waals surface area contributed by atoms with E-state index < -0.39 is 17.7 Å². The lowest BCUT2D eigenvalue weighted by atomic mass is 9.89. The van der Waals surface area contributed by atoms with E-state index in [0.717, 1.165) is 49.9 Å². The highest BCUT2D eigenvalue weighted by Crippen LogP contribution is 2.30. The molecule has 0 saturated heterocycles. The van der Waals surface area contributed by atoms with Gasteiger partial charge in [-0.25, -0.2) is 4.79 Å². The first-order valence-electron chi connectivity index (χ1n) is 6.74. The summed E-state index contributed by atoms with van der Waals surface area (Å²) >= 11 is 0. The van der Waals surface area contributed by atoms with Crippen LogP contribution in [0.15, 0.2) is 24.3 Å². The summed E-state index contributed by atoms with van der Waals surface area (Å²) in [4.78, 5) is 11.9. The molecule has 1 aliphatic rings. The lowest BCUT2D eigenvalue weighted by Crippen LogP contribution is -2.23. The maximum absolute atomic E-state index is 12.4. The smallest absolute Gasteiger partial charge is 0.416 e. The highest BCUT2D eigenvalue weighted by molar-refractivity contribution is 5.89. The van der Waals surface area contributed by atoms with Gasteiger partial charge < -0.3 is 4.74 Å². The molecule has 0 atom stereocenters. The van der Waals surface area contributed by atoms with Crippen LogP contribution in [-0.2, 0) is 10.9 Å². The van der Waals surface area contributed by atoms with E-state index in [-0.39, 0.29) is 11.7 Å². The molecule has 1 aromatic rings. The molecular weight excluding hydrogens is 269 g/mol. The van der Waals surface area contributed by atoms with Crippen LogP contribution in [0.2, 0.25) is 0 Å². The van der Waals surface area contributed by atoms with Crippen molar-refractivity contribution in [1.29, 1.82) is 0 Å². The van der Waals surface area contributed by atoms with Crippen LogP contribution in [0.3, 0.4) is 0 Å². The van der Waals surface area contributed by atoms with E-state index in [1.165, 1.54) is 0 Å². The molecule has 1 aliphatic carbocycles. The zero-order chi connectivity index (χ0) is 14.8. The fourth-order valence-electron chi connectivity index (χ4n) is 2.36. The van der Waals surface area contributed by atoms with Crippen molar-refractivity contribution >= 4 is 5.97 Å². The van der Waals surface area contributed by atoms with Crippen molar-refractivity contribution in [2.24, 2.45) is 5.92 Å². The Labute approximate surface area is 115 Å². The van der Waals surface area contributed by atoms with E-state index in [4.69, 9.17) is 4.74 Å². The van der Waals surface area contributed by atoms with Crippen LogP contribution in [0.5, 0.6) is 0 Å². The van der Waals surface area contributed by atoms with Crippen LogP contribution < -0.4 is 0 Å². The summed E-state index contributed by atoms with van der Waals surface area (Å²) in [7, 11) is 0. The van der Waals surface area contributed by atoms with Gasteiger partial charge in [0.2, 0.25) is 0 Å². The minimum absolute atomic E-state index is 0.110. The van der Waals surface area contributed by atoms with Crippen molar-refractivity contribution in [3.8, 4) is 0 Å². The zero-order valence-corrected chi connectivity index (χ0v) is 11.2. The Morgan fingerprint density at radius 3 is 2.15 bits per heavy atom. The Balaban J connectivity index is 1.96. The molecule has 0 bridgehead atoms. The first-order valence-corrected chi connectivity index (χ1v) is 6.74. The average Bonchev–Trinajstić information content (AvgIpc) is 2.40. The molecule has 0 aliphatic heterocycles. The van der Waals surface area contributed by atoms with Crippen LogP contribution in [0.4, 0.5) is 13.2 Å². The summed E-state index contributed by atoms with van der Waals surface area (Å²) in [5, 5.41) is 0. The van der Waals surface area contributed by atoms with Crippen LogP contribution in [0.1, 0.15) is 48.5 Å². The molecule has 0 radical (unpaired) electrons. The molecule has 0 spiro atoms. The molecule has 5 heteroatoms. The van der Waals surface area contributed by atoms with Crippen molar-refractivity contribution in [3.63, 3.8) is 0 Å². The zero-order valence-electron chi connectivity index (χ0n) is 11.2. The molecule has 0 N–H and O–H groups in total. The summed E-state index contributed by atoms with van der Waals surface area (Å²) in [6.45, 7) is 2.16. The fourth-order valence-corrected chi connectivity index (χ4v) is 2.36. The molecule has 2 nitrogen and oxygen atoms in total. The fraction of sp³-hybridized carbons (Fsp3) is 0.533. The second-order valence-corrected chi connectivity index (χ2v) is 5.36. The van der Waals surface area contributed by atoms with Crippen LogP contribution in [0.25, 0.3) is 0 Å². The highest BCUT2D eigenvalue weighted by Gasteiger charge is 2.30. The number of esters is 1. The van der Waals surface area contributed by atoms with Crippen LogP contribution in [-0.4, -0.2) is 12.1 Å². The number of halogens is 3. The van der Waals surface area contributed by atoms with Crippen molar-refractivity contribution < 1.29 is 22.7 Å². The Morgan fingerprint density at radius 2 is 1.65 bits per heavy atom. The average molecular weight is 286 g/mol. The van der Waals surface area contributed by atoms with Crippen molar-refractivity contribution in [3.05, 3.63) is 35.4 Å². The Morgan fingerprint density at radius 1 is 1.10 bits per heavy atom. The molecule has 1 saturated carbocycles. The van der Waals surface area contributed by atoms with Gasteiger partial charge >= 0.3 is 12.1 Å². The van der Waals surface area contributed by atoms with E-state index in [2.05, 4.69) is 6.92 Å². The standard InChI is InChI=1S/C15H17F3O2/c1-10-2-8-13(9-3-10)20-14(19)11-4-6-12(7-5-11)15(16,17)18/h4-7,10,13H,2-3,8-9H2,1H3. The van der Waals surface area contributed by atoms with Crippen LogP contribution >= 0.6 is 0 Å². The second-order valence-electron chi connectivity index (χ2n) is 5.36. The van der Waals surface area contributed by atoms with E-state index in [9.17, 15) is 18.0 Å². The quantitative estimate of drug-likeness (QED) is 0.751. The number of ether oxygens (including phenoxy) is 1. The molecule has 20 heavy (non-hydrogen) atoms. The second kappa shape index (κ2) is 5.85. The van der Waals surface area contributed by atoms with Gasteiger partial charge in [0.1, 0.15) is 6.10 Å². The summed E-state index contributed by atoms with van der Waals surface area (Å²) in [6.07, 6.45) is -0.806. The summed E-state index contributed by atoms with van der Waals surface area (Å²) in [6, 6.07) is 4.13. The van der Waals surface area contributed by atoms with Crippen molar-refractivity contribution in [2.75, 3.05) is 0 Å². The largest absolute Gasteiger partial charge is 0.459 e. The van der Waals surface area contributed by atoms with E-state index in [1.807, 2.05) is 0 Å². The third-order valence-corrected chi connectivity index (χ3v) is 3.68. The SMILES string of the molecule is CC1CCC(OC(=O)c2ccc(C(F)(F)F)cc2)CC1. The molecule has 1 aromatic carbocycles. The predicted molar refractivity (Wildman–Crippen MR) is 68.3 cm³/mol. The molecule has 110 valence electrons. The van der Waals surface area contributed by atoms with Gasteiger partial charge in [0.25, 0.3) is 0 Å². The van der Waals surface area contributed by atoms with Crippen molar-refractivity contribution in [1.82, 2.24) is 0 Å². The minimum atomic E-state index is -4.39. The van der Waals surface area contributed by atoms with E-state index in [0.29, 0.717) is 5.92 Å². The van der Waals surface area contributed by atoms with Gasteiger partial charge in [0.15, 0.2) is 0 Å². The third kappa shape index (κ3) is 3.74. The normalized spacial score (nSPS) is 23.4. The lowest BCUT2D eigenvalue weighted by Gasteiger charge is -2.26. The molecule has 1 fully saturated rings. The van der Waals surface area contributed by atoms with Gasteiger partial charge in [-0.2, -0.15) is 13.2 Å². The van der Waals surface area contributed by atoms with Crippen molar-refractivity contribution in [2.45, 2.75) is 44.9 Å². The van der Waals surface area contributed by atoms with Gasteiger partial charge in [-0.15, -0.1) is 0 Å². The summed E-state index contributed by atoms with van der Waals surface area (Å²) in [5.74, 6) is 0.106. The van der Waals surface area contributed by atoms with Crippen LogP contribution in [0, 0.1) is 5.92 Å². The Hall–Kier alpha value is -1.52. The predicted octanol–water partition coefficient (Wildman–Crippen LogP) is 4.44. The summed E-state index contributed by atoms with van der Waals surface area (Å²) < 4.78 is 42.6. The maximum Gasteiger partial charge on any atom is 0.416 e. The topological polar surface area (TPSA) is 26.3 Å². The maximum atomic E-state index is 12.4. The van der Waals surface area contributed by atoms with E-state index in [1.54, 1.807) is 0 Å². The number of carbonyl (C=O) groups excluding carboxylic acids is 1. The molecule has 2 rings (SSSR count). The van der Waals surface area contributed by atoms with Gasteiger partial charge in [-0.05, 0) is 55.9 Å². The molecule has 0 heterocycles. The minimum Gasteiger partial charge on any atom is -0.459 e. The molecule has 0 aromatic heterocycles.